The van der Waals surface area contributed by atoms with E-state index >= 15 is 0 Å². The standard InChI is InChI=1S/C27H29Cl2N5O2/c28-21-10-8-19(13-22(21)29)14-23(26(35)32-16-20-9-11-25(30)31-15-20)33-27(36)24-7-4-12-34(24)17-18-5-2-1-3-6-18/h1-3,5-6,8-11,13,15,23-24H,4,7,12,14,16-17H2,(H2,30,31)(H,32,35)(H,33,36)/t23-,24?/m0/s1. The van der Waals surface area contributed by atoms with Crippen LogP contribution in [0.15, 0.2) is 66.9 Å². The Bertz CT molecular complexity index is 1190. The van der Waals surface area contributed by atoms with Gasteiger partial charge in [-0.25, -0.2) is 4.98 Å². The summed E-state index contributed by atoms with van der Waals surface area (Å²) < 4.78 is 0. The molecule has 2 heterocycles. The summed E-state index contributed by atoms with van der Waals surface area (Å²) in [5.74, 6) is -0.0388. The predicted molar refractivity (Wildman–Crippen MR) is 142 cm³/mol. The highest BCUT2D eigenvalue weighted by Gasteiger charge is 2.33. The Morgan fingerprint density at radius 3 is 2.53 bits per heavy atom. The molecule has 3 aromatic rings. The Morgan fingerprint density at radius 2 is 1.81 bits per heavy atom. The van der Waals surface area contributed by atoms with E-state index in [2.05, 4.69) is 32.7 Å². The molecule has 1 saturated heterocycles. The number of likely N-dealkylation sites (tertiary alicyclic amines) is 1. The summed E-state index contributed by atoms with van der Waals surface area (Å²) in [6.45, 7) is 1.79. The maximum absolute atomic E-state index is 13.4. The van der Waals surface area contributed by atoms with Crippen molar-refractivity contribution < 1.29 is 9.59 Å². The lowest BCUT2D eigenvalue weighted by Crippen LogP contribution is -2.52. The van der Waals surface area contributed by atoms with E-state index in [9.17, 15) is 9.59 Å². The number of carbonyl (C=O) groups is 2. The van der Waals surface area contributed by atoms with Gasteiger partial charge in [-0.15, -0.1) is 0 Å². The second kappa shape index (κ2) is 12.2. The monoisotopic (exact) mass is 525 g/mol. The molecule has 0 radical (unpaired) electrons. The minimum absolute atomic E-state index is 0.155. The Balaban J connectivity index is 1.46. The molecule has 1 aliphatic heterocycles. The smallest absolute Gasteiger partial charge is 0.243 e. The molecule has 2 atom stereocenters. The summed E-state index contributed by atoms with van der Waals surface area (Å²) >= 11 is 12.3. The second-order valence-corrected chi connectivity index (χ2v) is 9.75. The van der Waals surface area contributed by atoms with Gasteiger partial charge < -0.3 is 16.4 Å². The van der Waals surface area contributed by atoms with Crippen molar-refractivity contribution in [1.82, 2.24) is 20.5 Å². The van der Waals surface area contributed by atoms with Gasteiger partial charge in [-0.2, -0.15) is 0 Å². The molecule has 2 amide bonds. The topological polar surface area (TPSA) is 100 Å². The molecular weight excluding hydrogens is 497 g/mol. The van der Waals surface area contributed by atoms with E-state index in [-0.39, 0.29) is 30.8 Å². The third-order valence-electron chi connectivity index (χ3n) is 6.27. The third kappa shape index (κ3) is 6.97. The lowest BCUT2D eigenvalue weighted by atomic mass is 10.0. The first kappa shape index (κ1) is 25.9. The average Bonchev–Trinajstić information content (AvgIpc) is 3.34. The van der Waals surface area contributed by atoms with E-state index < -0.39 is 6.04 Å². The molecule has 0 saturated carbocycles. The number of nitrogens with two attached hydrogens (primary N) is 1. The van der Waals surface area contributed by atoms with E-state index in [0.717, 1.165) is 36.1 Å². The first-order valence-corrected chi connectivity index (χ1v) is 12.6. The van der Waals surface area contributed by atoms with Gasteiger partial charge in [0.15, 0.2) is 0 Å². The first-order valence-electron chi connectivity index (χ1n) is 11.9. The molecule has 188 valence electrons. The average molecular weight is 526 g/mol. The van der Waals surface area contributed by atoms with Gasteiger partial charge in [-0.1, -0.05) is 65.7 Å². The van der Waals surface area contributed by atoms with E-state index in [1.54, 1.807) is 30.5 Å². The zero-order valence-electron chi connectivity index (χ0n) is 19.8. The van der Waals surface area contributed by atoms with Crippen LogP contribution in [0.3, 0.4) is 0 Å². The second-order valence-electron chi connectivity index (χ2n) is 8.94. The molecule has 1 aliphatic rings. The molecule has 0 spiro atoms. The number of aromatic nitrogens is 1. The summed E-state index contributed by atoms with van der Waals surface area (Å²) in [5.41, 5.74) is 8.40. The Labute approximate surface area is 221 Å². The van der Waals surface area contributed by atoms with Gasteiger partial charge in [0, 0.05) is 25.7 Å². The summed E-state index contributed by atoms with van der Waals surface area (Å²) in [4.78, 5) is 32.8. The number of nitrogen functional groups attached to an aromatic ring is 1. The Morgan fingerprint density at radius 1 is 1.03 bits per heavy atom. The number of halogens is 2. The van der Waals surface area contributed by atoms with Gasteiger partial charge in [0.2, 0.25) is 11.8 Å². The van der Waals surface area contributed by atoms with Crippen LogP contribution in [0.2, 0.25) is 10.0 Å². The van der Waals surface area contributed by atoms with Crippen molar-refractivity contribution >= 4 is 40.8 Å². The molecule has 36 heavy (non-hydrogen) atoms. The van der Waals surface area contributed by atoms with Crippen molar-refractivity contribution in [2.24, 2.45) is 0 Å². The fraction of sp³-hybridized carbons (Fsp3) is 0.296. The molecule has 9 heteroatoms. The predicted octanol–water partition coefficient (Wildman–Crippen LogP) is 3.98. The number of hydrogen-bond acceptors (Lipinski definition) is 5. The molecule has 0 bridgehead atoms. The zero-order valence-corrected chi connectivity index (χ0v) is 21.3. The molecule has 1 aromatic heterocycles. The fourth-order valence-corrected chi connectivity index (χ4v) is 4.68. The minimum atomic E-state index is -0.782. The number of benzene rings is 2. The van der Waals surface area contributed by atoms with Gasteiger partial charge in [0.1, 0.15) is 11.9 Å². The Kier molecular flexibility index (Phi) is 8.80. The van der Waals surface area contributed by atoms with Gasteiger partial charge >= 0.3 is 0 Å². The highest BCUT2D eigenvalue weighted by Crippen LogP contribution is 2.24. The van der Waals surface area contributed by atoms with E-state index in [1.807, 2.05) is 24.3 Å². The summed E-state index contributed by atoms with van der Waals surface area (Å²) in [6, 6.07) is 17.7. The van der Waals surface area contributed by atoms with Crippen molar-refractivity contribution in [1.29, 1.82) is 0 Å². The van der Waals surface area contributed by atoms with Gasteiger partial charge in [0.25, 0.3) is 0 Å². The molecular formula is C27H29Cl2N5O2. The van der Waals surface area contributed by atoms with Gasteiger partial charge in [-0.05, 0) is 54.3 Å². The zero-order chi connectivity index (χ0) is 25.5. The van der Waals surface area contributed by atoms with Crippen molar-refractivity contribution in [2.45, 2.75) is 44.4 Å². The molecule has 4 rings (SSSR count). The van der Waals surface area contributed by atoms with Crippen LogP contribution in [0.1, 0.15) is 29.5 Å². The number of carbonyl (C=O) groups excluding carboxylic acids is 2. The Hall–Kier alpha value is -3.13. The summed E-state index contributed by atoms with van der Waals surface area (Å²) in [6.07, 6.45) is 3.57. The molecule has 2 aromatic carbocycles. The number of nitrogens with one attached hydrogen (secondary N) is 2. The lowest BCUT2D eigenvalue weighted by molar-refractivity contribution is -0.131. The van der Waals surface area contributed by atoms with Crippen LogP contribution < -0.4 is 16.4 Å². The van der Waals surface area contributed by atoms with Crippen LogP contribution >= 0.6 is 23.2 Å². The van der Waals surface area contributed by atoms with Crippen LogP contribution in [0.5, 0.6) is 0 Å². The maximum atomic E-state index is 13.4. The van der Waals surface area contributed by atoms with Gasteiger partial charge in [0.05, 0.1) is 16.1 Å². The van der Waals surface area contributed by atoms with Crippen LogP contribution in [0, 0.1) is 0 Å². The van der Waals surface area contributed by atoms with Crippen LogP contribution in [0.25, 0.3) is 0 Å². The van der Waals surface area contributed by atoms with Crippen molar-refractivity contribution in [3.8, 4) is 0 Å². The fourth-order valence-electron chi connectivity index (χ4n) is 4.36. The molecule has 7 nitrogen and oxygen atoms in total. The van der Waals surface area contributed by atoms with E-state index in [0.29, 0.717) is 22.4 Å². The highest BCUT2D eigenvalue weighted by molar-refractivity contribution is 6.42. The van der Waals surface area contributed by atoms with Crippen LogP contribution in [-0.2, 0) is 29.1 Å². The third-order valence-corrected chi connectivity index (χ3v) is 7.01. The lowest BCUT2D eigenvalue weighted by Gasteiger charge is -2.26. The molecule has 4 N–H and O–H groups in total. The maximum Gasteiger partial charge on any atom is 0.243 e. The molecule has 1 unspecified atom stereocenters. The quantitative estimate of drug-likeness (QED) is 0.392. The van der Waals surface area contributed by atoms with Crippen molar-refractivity contribution in [3.63, 3.8) is 0 Å². The number of hydrogen-bond donors (Lipinski definition) is 3. The normalized spacial score (nSPS) is 16.4. The molecule has 0 aliphatic carbocycles. The van der Waals surface area contributed by atoms with E-state index in [1.165, 1.54) is 0 Å². The number of rotatable bonds is 9. The van der Waals surface area contributed by atoms with Gasteiger partial charge in [-0.3, -0.25) is 14.5 Å². The summed E-state index contributed by atoms with van der Waals surface area (Å²) in [5, 5.41) is 6.74. The van der Waals surface area contributed by atoms with E-state index in [4.69, 9.17) is 28.9 Å². The van der Waals surface area contributed by atoms with Crippen LogP contribution in [-0.4, -0.2) is 40.3 Å². The largest absolute Gasteiger partial charge is 0.384 e. The van der Waals surface area contributed by atoms with Crippen molar-refractivity contribution in [2.75, 3.05) is 12.3 Å². The number of amides is 2. The minimum Gasteiger partial charge on any atom is -0.384 e. The van der Waals surface area contributed by atoms with Crippen LogP contribution in [0.4, 0.5) is 5.82 Å². The number of anilines is 1. The first-order chi connectivity index (χ1) is 17.4. The highest BCUT2D eigenvalue weighted by atomic mass is 35.5. The summed E-state index contributed by atoms with van der Waals surface area (Å²) in [7, 11) is 0. The number of pyridine rings is 1. The number of nitrogens with zero attached hydrogens (tertiary/aromatic N) is 2. The van der Waals surface area contributed by atoms with Crippen molar-refractivity contribution in [3.05, 3.63) is 93.6 Å². The SMILES string of the molecule is Nc1ccc(CNC(=O)[C@H](Cc2ccc(Cl)c(Cl)c2)NC(=O)C2CCCN2Cc2ccccc2)cn1. The molecule has 1 fully saturated rings.